The van der Waals surface area contributed by atoms with Crippen molar-refractivity contribution in [2.45, 2.75) is 24.0 Å². The summed E-state index contributed by atoms with van der Waals surface area (Å²) in [7, 11) is 0. The van der Waals surface area contributed by atoms with E-state index < -0.39 is 0 Å². The van der Waals surface area contributed by atoms with Crippen molar-refractivity contribution < 1.29 is 4.74 Å². The number of aryl methyl sites for hydroxylation is 1. The van der Waals surface area contributed by atoms with E-state index in [4.69, 9.17) is 10.5 Å². The number of benzene rings is 2. The van der Waals surface area contributed by atoms with Crippen molar-refractivity contribution in [2.75, 3.05) is 6.61 Å². The van der Waals surface area contributed by atoms with Crippen molar-refractivity contribution in [3.63, 3.8) is 0 Å². The van der Waals surface area contributed by atoms with Crippen LogP contribution >= 0.6 is 11.8 Å². The summed E-state index contributed by atoms with van der Waals surface area (Å²) in [6.45, 7) is 2.84. The quantitative estimate of drug-likeness (QED) is 0.934. The lowest BCUT2D eigenvalue weighted by molar-refractivity contribution is 0.276. The van der Waals surface area contributed by atoms with Crippen molar-refractivity contribution in [1.82, 2.24) is 0 Å². The Bertz CT molecular complexity index is 599. The molecule has 0 fully saturated rings. The molecule has 2 unspecified atom stereocenters. The van der Waals surface area contributed by atoms with Crippen LogP contribution in [-0.2, 0) is 5.75 Å². The standard InChI is InChI=1S/C17H19NOS/c1-12-6-2-3-7-13(12)11-20-16-10-19-15-9-5-4-8-14(15)17(16)18/h2-9,16-17H,10-11,18H2,1H3. The topological polar surface area (TPSA) is 35.2 Å². The number of ether oxygens (including phenoxy) is 1. The first kappa shape index (κ1) is 13.5. The third-order valence-corrected chi connectivity index (χ3v) is 5.13. The van der Waals surface area contributed by atoms with E-state index in [9.17, 15) is 0 Å². The summed E-state index contributed by atoms with van der Waals surface area (Å²) < 4.78 is 5.82. The van der Waals surface area contributed by atoms with Gasteiger partial charge >= 0.3 is 0 Å². The molecule has 2 N–H and O–H groups in total. The minimum Gasteiger partial charge on any atom is -0.492 e. The van der Waals surface area contributed by atoms with Gasteiger partial charge in [-0.3, -0.25) is 0 Å². The van der Waals surface area contributed by atoms with E-state index in [0.29, 0.717) is 11.9 Å². The molecule has 3 heteroatoms. The summed E-state index contributed by atoms with van der Waals surface area (Å²) in [5.74, 6) is 1.92. The number of rotatable bonds is 3. The van der Waals surface area contributed by atoms with Crippen LogP contribution < -0.4 is 10.5 Å². The lowest BCUT2D eigenvalue weighted by Gasteiger charge is -2.30. The van der Waals surface area contributed by atoms with Crippen molar-refractivity contribution in [1.29, 1.82) is 0 Å². The van der Waals surface area contributed by atoms with Gasteiger partial charge < -0.3 is 10.5 Å². The summed E-state index contributed by atoms with van der Waals surface area (Å²) in [5, 5.41) is 0.310. The fourth-order valence-electron chi connectivity index (χ4n) is 2.48. The number of nitrogens with two attached hydrogens (primary N) is 1. The van der Waals surface area contributed by atoms with Crippen LogP contribution in [0, 0.1) is 6.92 Å². The molecule has 2 nitrogen and oxygen atoms in total. The Balaban J connectivity index is 1.69. The predicted molar refractivity (Wildman–Crippen MR) is 85.1 cm³/mol. The van der Waals surface area contributed by atoms with Gasteiger partial charge in [-0.2, -0.15) is 0 Å². The van der Waals surface area contributed by atoms with Crippen LogP contribution in [0.15, 0.2) is 48.5 Å². The van der Waals surface area contributed by atoms with Crippen molar-refractivity contribution in [2.24, 2.45) is 5.73 Å². The Labute approximate surface area is 124 Å². The van der Waals surface area contributed by atoms with Crippen molar-refractivity contribution >= 4 is 11.8 Å². The van der Waals surface area contributed by atoms with Crippen LogP contribution in [0.3, 0.4) is 0 Å². The highest BCUT2D eigenvalue weighted by atomic mass is 32.2. The maximum atomic E-state index is 6.39. The Kier molecular flexibility index (Phi) is 3.99. The van der Waals surface area contributed by atoms with Crippen LogP contribution in [0.25, 0.3) is 0 Å². The van der Waals surface area contributed by atoms with Gasteiger partial charge in [-0.25, -0.2) is 0 Å². The summed E-state index contributed by atoms with van der Waals surface area (Å²) >= 11 is 1.89. The van der Waals surface area contributed by atoms with E-state index in [1.54, 1.807) is 0 Å². The number of hydrogen-bond donors (Lipinski definition) is 1. The molecule has 0 radical (unpaired) electrons. The molecule has 0 amide bonds. The van der Waals surface area contributed by atoms with Gasteiger partial charge in [0.15, 0.2) is 0 Å². The third-order valence-electron chi connectivity index (χ3n) is 3.80. The molecule has 0 aromatic heterocycles. The van der Waals surface area contributed by atoms with Gasteiger partial charge in [-0.1, -0.05) is 42.5 Å². The number of hydrogen-bond acceptors (Lipinski definition) is 3. The lowest BCUT2D eigenvalue weighted by atomic mass is 10.0. The highest BCUT2D eigenvalue weighted by Crippen LogP contribution is 2.36. The molecule has 20 heavy (non-hydrogen) atoms. The average molecular weight is 285 g/mol. The molecule has 0 aliphatic carbocycles. The first-order valence-electron chi connectivity index (χ1n) is 6.89. The Morgan fingerprint density at radius 1 is 1.15 bits per heavy atom. The zero-order valence-electron chi connectivity index (χ0n) is 11.6. The molecular formula is C17H19NOS. The van der Waals surface area contributed by atoms with Crippen LogP contribution in [0.2, 0.25) is 0 Å². The van der Waals surface area contributed by atoms with Gasteiger partial charge in [-0.05, 0) is 24.1 Å². The highest BCUT2D eigenvalue weighted by molar-refractivity contribution is 7.99. The monoisotopic (exact) mass is 285 g/mol. The number of thioether (sulfide) groups is 1. The number of fused-ring (bicyclic) bond motifs is 1. The Hall–Kier alpha value is -1.45. The second kappa shape index (κ2) is 5.90. The SMILES string of the molecule is Cc1ccccc1CSC1COc2ccccc2C1N. The van der Waals surface area contributed by atoms with E-state index in [1.807, 2.05) is 30.0 Å². The zero-order chi connectivity index (χ0) is 13.9. The summed E-state index contributed by atoms with van der Waals surface area (Å²) in [6, 6.07) is 16.6. The maximum Gasteiger partial charge on any atom is 0.124 e. The fourth-order valence-corrected chi connectivity index (χ4v) is 3.72. The molecule has 1 heterocycles. The summed E-state index contributed by atoms with van der Waals surface area (Å²) in [4.78, 5) is 0. The predicted octanol–water partition coefficient (Wildman–Crippen LogP) is 3.69. The van der Waals surface area contributed by atoms with Gasteiger partial charge in [-0.15, -0.1) is 11.8 Å². The minimum absolute atomic E-state index is 0.0500. The smallest absolute Gasteiger partial charge is 0.124 e. The van der Waals surface area contributed by atoms with Crippen molar-refractivity contribution in [3.8, 4) is 5.75 Å². The first-order valence-corrected chi connectivity index (χ1v) is 7.94. The van der Waals surface area contributed by atoms with Crippen LogP contribution in [-0.4, -0.2) is 11.9 Å². The molecule has 2 atom stereocenters. The van der Waals surface area contributed by atoms with Gasteiger partial charge in [0.25, 0.3) is 0 Å². The molecule has 3 rings (SSSR count). The fraction of sp³-hybridized carbons (Fsp3) is 0.294. The third kappa shape index (κ3) is 2.69. The zero-order valence-corrected chi connectivity index (χ0v) is 12.4. The normalized spacial score (nSPS) is 21.1. The molecule has 0 bridgehead atoms. The molecule has 2 aromatic rings. The van der Waals surface area contributed by atoms with E-state index in [1.165, 1.54) is 11.1 Å². The average Bonchev–Trinajstić information content (AvgIpc) is 2.48. The highest BCUT2D eigenvalue weighted by Gasteiger charge is 2.28. The Morgan fingerprint density at radius 3 is 2.75 bits per heavy atom. The molecule has 1 aliphatic heterocycles. The molecule has 0 saturated heterocycles. The minimum atomic E-state index is 0.0500. The van der Waals surface area contributed by atoms with Gasteiger partial charge in [0.1, 0.15) is 12.4 Å². The first-order chi connectivity index (χ1) is 9.75. The second-order valence-corrected chi connectivity index (χ2v) is 6.38. The molecule has 0 spiro atoms. The van der Waals surface area contributed by atoms with Crippen LogP contribution in [0.1, 0.15) is 22.7 Å². The lowest BCUT2D eigenvalue weighted by Crippen LogP contribution is -2.33. The molecule has 1 aliphatic rings. The Morgan fingerprint density at radius 2 is 1.90 bits per heavy atom. The second-order valence-electron chi connectivity index (χ2n) is 5.15. The van der Waals surface area contributed by atoms with Crippen LogP contribution in [0.4, 0.5) is 0 Å². The van der Waals surface area contributed by atoms with E-state index in [-0.39, 0.29) is 6.04 Å². The summed E-state index contributed by atoms with van der Waals surface area (Å²) in [5.41, 5.74) is 10.2. The van der Waals surface area contributed by atoms with Gasteiger partial charge in [0.05, 0.1) is 5.25 Å². The largest absolute Gasteiger partial charge is 0.492 e. The van der Waals surface area contributed by atoms with Crippen LogP contribution in [0.5, 0.6) is 5.75 Å². The maximum absolute atomic E-state index is 6.39. The van der Waals surface area contributed by atoms with E-state index in [0.717, 1.165) is 17.1 Å². The summed E-state index contributed by atoms with van der Waals surface area (Å²) in [6.07, 6.45) is 0. The number of para-hydroxylation sites is 1. The van der Waals surface area contributed by atoms with E-state index >= 15 is 0 Å². The van der Waals surface area contributed by atoms with Gasteiger partial charge in [0, 0.05) is 17.4 Å². The molecular weight excluding hydrogens is 266 g/mol. The molecule has 0 saturated carbocycles. The van der Waals surface area contributed by atoms with E-state index in [2.05, 4.69) is 37.3 Å². The van der Waals surface area contributed by atoms with Crippen molar-refractivity contribution in [3.05, 3.63) is 65.2 Å². The van der Waals surface area contributed by atoms with Gasteiger partial charge in [0.2, 0.25) is 0 Å². The molecule has 2 aromatic carbocycles. The molecule has 104 valence electrons.